The van der Waals surface area contributed by atoms with Gasteiger partial charge in [-0.2, -0.15) is 0 Å². The number of nitrogens with zero attached hydrogens (tertiary/aromatic N) is 1. The van der Waals surface area contributed by atoms with Gasteiger partial charge in [0.05, 0.1) is 0 Å². The van der Waals surface area contributed by atoms with E-state index < -0.39 is 5.97 Å². The van der Waals surface area contributed by atoms with Crippen LogP contribution in [0.2, 0.25) is 0 Å². The zero-order chi connectivity index (χ0) is 14.5. The number of carbonyl (C=O) groups is 2. The van der Waals surface area contributed by atoms with Crippen LogP contribution in [0, 0.1) is 0 Å². The summed E-state index contributed by atoms with van der Waals surface area (Å²) in [6, 6.07) is -0.0958. The number of carboxylic acid groups (broad SMARTS) is 1. The van der Waals surface area contributed by atoms with E-state index in [-0.39, 0.29) is 19.1 Å². The molecule has 0 spiro atoms. The first-order chi connectivity index (χ1) is 9.11. The number of carboxylic acids is 1. The number of aliphatic hydroxyl groups is 1. The Labute approximate surface area is 114 Å². The van der Waals surface area contributed by atoms with E-state index in [2.05, 4.69) is 5.32 Å². The molecule has 0 aliphatic carbocycles. The quantitative estimate of drug-likeness (QED) is 0.497. The number of hydrogen-bond donors (Lipinski definition) is 3. The highest BCUT2D eigenvalue weighted by Gasteiger charge is 2.09. The van der Waals surface area contributed by atoms with Crippen LogP contribution >= 0.6 is 0 Å². The van der Waals surface area contributed by atoms with Crippen LogP contribution < -0.4 is 5.32 Å². The van der Waals surface area contributed by atoms with E-state index in [9.17, 15) is 9.59 Å². The van der Waals surface area contributed by atoms with E-state index in [1.807, 2.05) is 6.92 Å². The standard InChI is InChI=1S/C13H26N2O4/c1-2-15(10-7-11-16)13(19)14-9-6-4-3-5-8-12(17)18/h16H,2-11H2,1H3,(H,14,19)(H,17,18). The van der Waals surface area contributed by atoms with E-state index in [1.54, 1.807) is 4.90 Å². The van der Waals surface area contributed by atoms with Crippen LogP contribution in [-0.4, -0.2) is 53.4 Å². The van der Waals surface area contributed by atoms with Gasteiger partial charge in [-0.25, -0.2) is 4.79 Å². The average molecular weight is 274 g/mol. The summed E-state index contributed by atoms with van der Waals surface area (Å²) >= 11 is 0. The van der Waals surface area contributed by atoms with Crippen LogP contribution in [0.15, 0.2) is 0 Å². The molecule has 19 heavy (non-hydrogen) atoms. The van der Waals surface area contributed by atoms with Gasteiger partial charge in [-0.15, -0.1) is 0 Å². The van der Waals surface area contributed by atoms with Gasteiger partial charge in [0.1, 0.15) is 0 Å². The fourth-order valence-corrected chi connectivity index (χ4v) is 1.73. The summed E-state index contributed by atoms with van der Waals surface area (Å²) < 4.78 is 0. The Balaban J connectivity index is 3.53. The average Bonchev–Trinajstić information content (AvgIpc) is 2.38. The number of urea groups is 1. The van der Waals surface area contributed by atoms with Crippen LogP contribution in [0.1, 0.15) is 45.4 Å². The van der Waals surface area contributed by atoms with E-state index >= 15 is 0 Å². The van der Waals surface area contributed by atoms with Crippen molar-refractivity contribution in [2.24, 2.45) is 0 Å². The van der Waals surface area contributed by atoms with Crippen molar-refractivity contribution in [1.82, 2.24) is 10.2 Å². The maximum Gasteiger partial charge on any atom is 0.317 e. The van der Waals surface area contributed by atoms with Gasteiger partial charge in [-0.1, -0.05) is 12.8 Å². The predicted octanol–water partition coefficient (Wildman–Crippen LogP) is 1.44. The fourth-order valence-electron chi connectivity index (χ4n) is 1.73. The summed E-state index contributed by atoms with van der Waals surface area (Å²) in [5, 5.41) is 20.0. The summed E-state index contributed by atoms with van der Waals surface area (Å²) in [7, 11) is 0. The summed E-state index contributed by atoms with van der Waals surface area (Å²) in [5.41, 5.74) is 0. The molecule has 0 atom stereocenters. The molecule has 0 saturated carbocycles. The zero-order valence-corrected chi connectivity index (χ0v) is 11.7. The zero-order valence-electron chi connectivity index (χ0n) is 11.7. The van der Waals surface area contributed by atoms with Gasteiger partial charge in [-0.05, 0) is 26.2 Å². The number of hydrogen-bond acceptors (Lipinski definition) is 3. The molecule has 0 unspecified atom stereocenters. The lowest BCUT2D eigenvalue weighted by molar-refractivity contribution is -0.137. The number of carbonyl (C=O) groups excluding carboxylic acids is 1. The number of nitrogens with one attached hydrogen (secondary N) is 1. The molecule has 0 aromatic heterocycles. The maximum absolute atomic E-state index is 11.7. The van der Waals surface area contributed by atoms with Gasteiger partial charge < -0.3 is 20.4 Å². The van der Waals surface area contributed by atoms with Crippen molar-refractivity contribution in [2.45, 2.75) is 45.4 Å². The first-order valence-electron chi connectivity index (χ1n) is 6.97. The maximum atomic E-state index is 11.7. The molecule has 0 radical (unpaired) electrons. The Bertz CT molecular complexity index is 259. The minimum Gasteiger partial charge on any atom is -0.481 e. The SMILES string of the molecule is CCN(CCCO)C(=O)NCCCCCCC(=O)O. The van der Waals surface area contributed by atoms with E-state index in [4.69, 9.17) is 10.2 Å². The van der Waals surface area contributed by atoms with Gasteiger partial charge in [0.25, 0.3) is 0 Å². The van der Waals surface area contributed by atoms with Gasteiger partial charge in [0.2, 0.25) is 0 Å². The molecule has 6 nitrogen and oxygen atoms in total. The van der Waals surface area contributed by atoms with E-state index in [0.717, 1.165) is 19.3 Å². The Morgan fingerprint density at radius 1 is 1.11 bits per heavy atom. The Morgan fingerprint density at radius 2 is 1.79 bits per heavy atom. The second kappa shape index (κ2) is 11.8. The smallest absolute Gasteiger partial charge is 0.317 e. The molecule has 0 aromatic rings. The van der Waals surface area contributed by atoms with Crippen LogP contribution in [0.3, 0.4) is 0 Å². The van der Waals surface area contributed by atoms with Crippen LogP contribution in [0.5, 0.6) is 0 Å². The number of aliphatic hydroxyl groups excluding tert-OH is 1. The van der Waals surface area contributed by atoms with Gasteiger partial charge in [0, 0.05) is 32.7 Å². The number of aliphatic carboxylic acids is 1. The summed E-state index contributed by atoms with van der Waals surface area (Å²) in [6.45, 7) is 3.81. The van der Waals surface area contributed by atoms with Gasteiger partial charge >= 0.3 is 12.0 Å². The second-order valence-electron chi connectivity index (χ2n) is 4.45. The second-order valence-corrected chi connectivity index (χ2v) is 4.45. The molecular weight excluding hydrogens is 248 g/mol. The van der Waals surface area contributed by atoms with E-state index in [0.29, 0.717) is 32.5 Å². The molecule has 0 aliphatic heterocycles. The molecule has 0 rings (SSSR count). The Morgan fingerprint density at radius 3 is 2.37 bits per heavy atom. The predicted molar refractivity (Wildman–Crippen MR) is 73.1 cm³/mol. The summed E-state index contributed by atoms with van der Waals surface area (Å²) in [6.07, 6.45) is 4.18. The minimum absolute atomic E-state index is 0.0906. The third kappa shape index (κ3) is 10.3. The molecule has 2 amide bonds. The lowest BCUT2D eigenvalue weighted by Crippen LogP contribution is -2.41. The van der Waals surface area contributed by atoms with Crippen molar-refractivity contribution in [1.29, 1.82) is 0 Å². The molecule has 0 saturated heterocycles. The normalized spacial score (nSPS) is 10.2. The lowest BCUT2D eigenvalue weighted by atomic mass is 10.1. The molecule has 112 valence electrons. The largest absolute Gasteiger partial charge is 0.481 e. The van der Waals surface area contributed by atoms with Crippen molar-refractivity contribution < 1.29 is 19.8 Å². The Kier molecular flexibility index (Phi) is 11.0. The first-order valence-corrected chi connectivity index (χ1v) is 6.97. The summed E-state index contributed by atoms with van der Waals surface area (Å²) in [4.78, 5) is 23.7. The highest BCUT2D eigenvalue weighted by atomic mass is 16.4. The molecule has 3 N–H and O–H groups in total. The molecule has 0 aromatic carbocycles. The molecular formula is C13H26N2O4. The molecule has 0 fully saturated rings. The van der Waals surface area contributed by atoms with Crippen molar-refractivity contribution in [3.05, 3.63) is 0 Å². The molecule has 0 bridgehead atoms. The van der Waals surface area contributed by atoms with Crippen molar-refractivity contribution >= 4 is 12.0 Å². The van der Waals surface area contributed by atoms with Crippen molar-refractivity contribution in [2.75, 3.05) is 26.2 Å². The molecule has 0 aliphatic rings. The molecule has 0 heterocycles. The van der Waals surface area contributed by atoms with E-state index in [1.165, 1.54) is 0 Å². The first kappa shape index (κ1) is 17.7. The third-order valence-corrected chi connectivity index (χ3v) is 2.85. The number of amides is 2. The monoisotopic (exact) mass is 274 g/mol. The van der Waals surface area contributed by atoms with Crippen molar-refractivity contribution in [3.8, 4) is 0 Å². The topological polar surface area (TPSA) is 89.9 Å². The fraction of sp³-hybridized carbons (Fsp3) is 0.846. The van der Waals surface area contributed by atoms with Gasteiger partial charge in [-0.3, -0.25) is 4.79 Å². The lowest BCUT2D eigenvalue weighted by Gasteiger charge is -2.20. The minimum atomic E-state index is -0.754. The third-order valence-electron chi connectivity index (χ3n) is 2.85. The van der Waals surface area contributed by atoms with Crippen LogP contribution in [0.25, 0.3) is 0 Å². The number of rotatable bonds is 11. The molecule has 6 heteroatoms. The highest BCUT2D eigenvalue weighted by molar-refractivity contribution is 5.74. The van der Waals surface area contributed by atoms with Crippen LogP contribution in [0.4, 0.5) is 4.79 Å². The Hall–Kier alpha value is -1.30. The van der Waals surface area contributed by atoms with Crippen LogP contribution in [-0.2, 0) is 4.79 Å². The highest BCUT2D eigenvalue weighted by Crippen LogP contribution is 2.02. The summed E-state index contributed by atoms with van der Waals surface area (Å²) in [5.74, 6) is -0.754. The van der Waals surface area contributed by atoms with Gasteiger partial charge in [0.15, 0.2) is 0 Å². The number of unbranched alkanes of at least 4 members (excludes halogenated alkanes) is 3. The van der Waals surface area contributed by atoms with Crippen molar-refractivity contribution in [3.63, 3.8) is 0 Å².